The number of carbonyl (C=O) groups is 4. The minimum atomic E-state index is -2.18. The first-order chi connectivity index (χ1) is 16.0. The Morgan fingerprint density at radius 2 is 0.882 bits per heavy atom. The quantitative estimate of drug-likeness (QED) is 0.276. The molecule has 2 rings (SSSR count). The van der Waals surface area contributed by atoms with Crippen LogP contribution in [-0.4, -0.2) is 44.3 Å². The zero-order valence-electron chi connectivity index (χ0n) is 20.6. The summed E-state index contributed by atoms with van der Waals surface area (Å²) in [5.41, 5.74) is -4.36. The Morgan fingerprint density at radius 3 is 1.09 bits per heavy atom. The van der Waals surface area contributed by atoms with E-state index in [-0.39, 0.29) is 0 Å². The Labute approximate surface area is 202 Å². The second-order valence-electron chi connectivity index (χ2n) is 10.7. The fourth-order valence-electron chi connectivity index (χ4n) is 7.40. The average molecular weight is 483 g/mol. The Morgan fingerprint density at radius 1 is 0.588 bits per heavy atom. The molecule has 0 aromatic heterocycles. The minimum Gasteiger partial charge on any atom is -0.481 e. The maximum Gasteiger partial charge on any atom is 0.311 e. The van der Waals surface area contributed by atoms with E-state index >= 15 is 0 Å². The van der Waals surface area contributed by atoms with Gasteiger partial charge in [-0.05, 0) is 49.4 Å². The first kappa shape index (κ1) is 28.1. The van der Waals surface area contributed by atoms with E-state index in [1.54, 1.807) is 0 Å². The molecule has 4 N–H and O–H groups in total. The standard InChI is InChI=1S/C26H42O8/c1-3-5-17-7-11-19(12-8-17)25(23(31)32,15-21(27)28)26(24(33)34,16-22(29)30)20-13-9-18(6-4-2)10-14-20/h17-20H,3-16H2,1-2H3,(H,27,28)(H,29,30)(H,31,32)(H,33,34). The van der Waals surface area contributed by atoms with Crippen LogP contribution < -0.4 is 0 Å². The van der Waals surface area contributed by atoms with Crippen LogP contribution in [0.3, 0.4) is 0 Å². The van der Waals surface area contributed by atoms with E-state index in [4.69, 9.17) is 0 Å². The highest BCUT2D eigenvalue weighted by Crippen LogP contribution is 2.61. The second kappa shape index (κ2) is 12.0. The molecule has 0 bridgehead atoms. The molecule has 8 heteroatoms. The lowest BCUT2D eigenvalue weighted by atomic mass is 9.46. The Hall–Kier alpha value is -2.12. The van der Waals surface area contributed by atoms with E-state index in [0.29, 0.717) is 63.2 Å². The van der Waals surface area contributed by atoms with E-state index in [0.717, 1.165) is 25.7 Å². The summed E-state index contributed by atoms with van der Waals surface area (Å²) in [6, 6.07) is 0. The first-order valence-corrected chi connectivity index (χ1v) is 12.9. The monoisotopic (exact) mass is 482 g/mol. The minimum absolute atomic E-state index is 0.403. The highest BCUT2D eigenvalue weighted by atomic mass is 16.4. The molecule has 2 unspecified atom stereocenters. The molecule has 0 spiro atoms. The molecule has 194 valence electrons. The summed E-state index contributed by atoms with van der Waals surface area (Å²) in [5, 5.41) is 41.0. The van der Waals surface area contributed by atoms with Crippen molar-refractivity contribution in [1.29, 1.82) is 0 Å². The van der Waals surface area contributed by atoms with Gasteiger partial charge in [0.15, 0.2) is 0 Å². The number of aliphatic carboxylic acids is 4. The van der Waals surface area contributed by atoms with Gasteiger partial charge in [-0.2, -0.15) is 0 Å². The molecule has 2 saturated carbocycles. The van der Waals surface area contributed by atoms with Crippen molar-refractivity contribution in [1.82, 2.24) is 0 Å². The molecule has 2 fully saturated rings. The number of hydrogen-bond acceptors (Lipinski definition) is 4. The summed E-state index contributed by atoms with van der Waals surface area (Å²) in [7, 11) is 0. The van der Waals surface area contributed by atoms with Crippen molar-refractivity contribution in [3.8, 4) is 0 Å². The Bertz CT molecular complexity index is 671. The van der Waals surface area contributed by atoms with E-state index in [1.807, 2.05) is 0 Å². The van der Waals surface area contributed by atoms with Crippen LogP contribution in [0.15, 0.2) is 0 Å². The van der Waals surface area contributed by atoms with Gasteiger partial charge in [-0.25, -0.2) is 0 Å². The molecule has 0 saturated heterocycles. The fourth-order valence-corrected chi connectivity index (χ4v) is 7.40. The molecular weight excluding hydrogens is 440 g/mol. The number of rotatable bonds is 13. The van der Waals surface area contributed by atoms with Crippen LogP contribution in [0.25, 0.3) is 0 Å². The van der Waals surface area contributed by atoms with Crippen molar-refractivity contribution in [2.24, 2.45) is 34.5 Å². The smallest absolute Gasteiger partial charge is 0.311 e. The third-order valence-electron chi connectivity index (χ3n) is 8.90. The summed E-state index contributed by atoms with van der Waals surface area (Å²) in [5.74, 6) is -6.33. The molecular formula is C26H42O8. The molecule has 2 aliphatic carbocycles. The van der Waals surface area contributed by atoms with Gasteiger partial charge in [-0.3, -0.25) is 19.2 Å². The lowest BCUT2D eigenvalue weighted by Gasteiger charge is -2.54. The van der Waals surface area contributed by atoms with Crippen molar-refractivity contribution in [3.63, 3.8) is 0 Å². The molecule has 0 radical (unpaired) electrons. The normalized spacial score (nSPS) is 28.9. The third-order valence-corrected chi connectivity index (χ3v) is 8.90. The highest BCUT2D eigenvalue weighted by molar-refractivity contribution is 5.93. The second-order valence-corrected chi connectivity index (χ2v) is 10.7. The molecule has 0 aromatic carbocycles. The van der Waals surface area contributed by atoms with Crippen LogP contribution in [0.2, 0.25) is 0 Å². The van der Waals surface area contributed by atoms with Gasteiger partial charge in [-0.15, -0.1) is 0 Å². The topological polar surface area (TPSA) is 149 Å². The van der Waals surface area contributed by atoms with Crippen molar-refractivity contribution in [3.05, 3.63) is 0 Å². The summed E-state index contributed by atoms with van der Waals surface area (Å²) in [6.45, 7) is 4.16. The predicted octanol–water partition coefficient (Wildman–Crippen LogP) is 5.29. The van der Waals surface area contributed by atoms with Crippen molar-refractivity contribution < 1.29 is 39.6 Å². The largest absolute Gasteiger partial charge is 0.481 e. The predicted molar refractivity (Wildman–Crippen MR) is 125 cm³/mol. The van der Waals surface area contributed by atoms with Gasteiger partial charge in [0, 0.05) is 0 Å². The summed E-state index contributed by atoms with van der Waals surface area (Å²) < 4.78 is 0. The SMILES string of the molecule is CCCC1CCC(C(CC(=O)O)(C(=O)O)C(CC(=O)O)(C(=O)O)C2CCC(CCC)CC2)CC1. The van der Waals surface area contributed by atoms with E-state index in [2.05, 4.69) is 13.8 Å². The number of carboxylic acids is 4. The van der Waals surface area contributed by atoms with Gasteiger partial charge < -0.3 is 20.4 Å². The van der Waals surface area contributed by atoms with Crippen LogP contribution in [-0.2, 0) is 19.2 Å². The first-order valence-electron chi connectivity index (χ1n) is 12.9. The molecule has 0 heterocycles. The summed E-state index contributed by atoms with van der Waals surface area (Å²) in [6.07, 6.45) is 6.68. The van der Waals surface area contributed by atoms with Crippen molar-refractivity contribution in [2.75, 3.05) is 0 Å². The Kier molecular flexibility index (Phi) is 9.95. The third kappa shape index (κ3) is 5.57. The van der Waals surface area contributed by atoms with Gasteiger partial charge in [-0.1, -0.05) is 65.2 Å². The van der Waals surface area contributed by atoms with Crippen LogP contribution in [0.4, 0.5) is 0 Å². The number of carboxylic acid groups (broad SMARTS) is 4. The van der Waals surface area contributed by atoms with E-state index in [1.165, 1.54) is 0 Å². The zero-order valence-corrected chi connectivity index (χ0v) is 20.6. The summed E-state index contributed by atoms with van der Waals surface area (Å²) >= 11 is 0. The van der Waals surface area contributed by atoms with Gasteiger partial charge in [0.2, 0.25) is 0 Å². The molecule has 2 aliphatic rings. The van der Waals surface area contributed by atoms with Gasteiger partial charge in [0.1, 0.15) is 0 Å². The molecule has 8 nitrogen and oxygen atoms in total. The van der Waals surface area contributed by atoms with Crippen LogP contribution in [0.1, 0.15) is 104 Å². The molecule has 0 aliphatic heterocycles. The van der Waals surface area contributed by atoms with Gasteiger partial charge in [0.25, 0.3) is 0 Å². The van der Waals surface area contributed by atoms with Crippen LogP contribution >= 0.6 is 0 Å². The van der Waals surface area contributed by atoms with Crippen LogP contribution in [0, 0.1) is 34.5 Å². The molecule has 0 amide bonds. The van der Waals surface area contributed by atoms with Crippen molar-refractivity contribution >= 4 is 23.9 Å². The highest BCUT2D eigenvalue weighted by Gasteiger charge is 2.69. The average Bonchev–Trinajstić information content (AvgIpc) is 2.77. The van der Waals surface area contributed by atoms with Gasteiger partial charge in [0.05, 0.1) is 23.7 Å². The lowest BCUT2D eigenvalue weighted by Crippen LogP contribution is -2.62. The molecule has 0 aromatic rings. The van der Waals surface area contributed by atoms with Crippen molar-refractivity contribution in [2.45, 2.75) is 104 Å². The zero-order chi connectivity index (χ0) is 25.5. The fraction of sp³-hybridized carbons (Fsp3) is 0.846. The van der Waals surface area contributed by atoms with Gasteiger partial charge >= 0.3 is 23.9 Å². The number of hydrogen-bond donors (Lipinski definition) is 4. The van der Waals surface area contributed by atoms with E-state index < -0.39 is 59.4 Å². The maximum absolute atomic E-state index is 13.1. The Balaban J connectivity index is 2.63. The molecule has 34 heavy (non-hydrogen) atoms. The van der Waals surface area contributed by atoms with E-state index in [9.17, 15) is 39.6 Å². The maximum atomic E-state index is 13.1. The van der Waals surface area contributed by atoms with Crippen LogP contribution in [0.5, 0.6) is 0 Å². The summed E-state index contributed by atoms with van der Waals surface area (Å²) in [4.78, 5) is 50.4. The lowest BCUT2D eigenvalue weighted by molar-refractivity contribution is -0.200. The molecule has 2 atom stereocenters.